The Morgan fingerprint density at radius 3 is 2.23 bits per heavy atom. The van der Waals surface area contributed by atoms with Crippen LogP contribution in [-0.4, -0.2) is 35.8 Å². The van der Waals surface area contributed by atoms with Gasteiger partial charge in [0, 0.05) is 18.7 Å². The van der Waals surface area contributed by atoms with Gasteiger partial charge in [-0.1, -0.05) is 36.8 Å². The molecule has 6 heteroatoms. The van der Waals surface area contributed by atoms with Crippen molar-refractivity contribution >= 4 is 12.0 Å². The lowest BCUT2D eigenvalue weighted by Gasteiger charge is -2.24. The first kappa shape index (κ1) is 19.7. The van der Waals surface area contributed by atoms with E-state index in [9.17, 15) is 4.79 Å². The molecule has 0 aliphatic heterocycles. The maximum atomic E-state index is 11.9. The van der Waals surface area contributed by atoms with Crippen molar-refractivity contribution in [1.82, 2.24) is 9.97 Å². The van der Waals surface area contributed by atoms with Crippen LogP contribution in [0, 0.1) is 6.92 Å². The van der Waals surface area contributed by atoms with Gasteiger partial charge in [0.1, 0.15) is 0 Å². The third kappa shape index (κ3) is 4.50. The fraction of sp³-hybridized carbons (Fsp3) is 0.450. The van der Waals surface area contributed by atoms with E-state index in [2.05, 4.69) is 4.98 Å². The summed E-state index contributed by atoms with van der Waals surface area (Å²) in [5, 5.41) is 0. The molecular formula is C20H27N3O3. The van der Waals surface area contributed by atoms with Crippen molar-refractivity contribution in [2.24, 2.45) is 0 Å². The Bertz CT molecular complexity index is 741. The van der Waals surface area contributed by atoms with Crippen molar-refractivity contribution in [2.75, 3.05) is 24.6 Å². The van der Waals surface area contributed by atoms with Crippen molar-refractivity contribution in [2.45, 2.75) is 41.0 Å². The topological polar surface area (TPSA) is 64.5 Å². The molecule has 2 rings (SSSR count). The number of aryl methyl sites for hydroxylation is 2. The molecule has 2 aromatic rings. The highest BCUT2D eigenvalue weighted by Crippen LogP contribution is 2.33. The number of carbonyl (C=O) groups excluding carboxylic acids is 1. The van der Waals surface area contributed by atoms with Gasteiger partial charge in [-0.15, -0.1) is 0 Å². The minimum absolute atomic E-state index is 0.253. The molecular weight excluding hydrogens is 330 g/mol. The van der Waals surface area contributed by atoms with Crippen LogP contribution in [0.3, 0.4) is 0 Å². The summed E-state index contributed by atoms with van der Waals surface area (Å²) in [7, 11) is 0. The van der Waals surface area contributed by atoms with E-state index < -0.39 is 6.16 Å². The molecule has 0 bridgehead atoms. The summed E-state index contributed by atoms with van der Waals surface area (Å²) in [5.41, 5.74) is 2.79. The van der Waals surface area contributed by atoms with E-state index in [0.717, 1.165) is 18.7 Å². The fourth-order valence-electron chi connectivity index (χ4n) is 2.63. The van der Waals surface area contributed by atoms with Gasteiger partial charge in [-0.05, 0) is 34.1 Å². The lowest BCUT2D eigenvalue weighted by atomic mass is 10.1. The number of ether oxygens (including phenoxy) is 2. The van der Waals surface area contributed by atoms with E-state index in [0.29, 0.717) is 29.5 Å². The lowest BCUT2D eigenvalue weighted by molar-refractivity contribution is 0.104. The van der Waals surface area contributed by atoms with Crippen molar-refractivity contribution in [3.8, 4) is 17.1 Å². The number of aromatic nitrogens is 2. The van der Waals surface area contributed by atoms with Gasteiger partial charge in [-0.25, -0.2) is 14.8 Å². The Labute approximate surface area is 155 Å². The first-order valence-electron chi connectivity index (χ1n) is 9.11. The molecule has 6 nitrogen and oxygen atoms in total. The van der Waals surface area contributed by atoms with Crippen molar-refractivity contribution < 1.29 is 14.3 Å². The molecule has 1 aromatic heterocycles. The maximum absolute atomic E-state index is 11.9. The number of carbonyl (C=O) groups is 1. The third-order valence-electron chi connectivity index (χ3n) is 4.07. The molecule has 0 radical (unpaired) electrons. The standard InChI is InChI=1S/C20H27N3O3/c1-6-16-17(26-20(24)25-9-4)19(23(7-2)8-3)22-18(21-16)15-12-10-14(5)11-13-15/h10-13H,6-9H2,1-5H3. The monoisotopic (exact) mass is 357 g/mol. The minimum atomic E-state index is -0.734. The molecule has 1 aromatic carbocycles. The normalized spacial score (nSPS) is 10.5. The average molecular weight is 357 g/mol. The highest BCUT2D eigenvalue weighted by molar-refractivity contribution is 5.70. The zero-order valence-corrected chi connectivity index (χ0v) is 16.2. The highest BCUT2D eigenvalue weighted by Gasteiger charge is 2.22. The summed E-state index contributed by atoms with van der Waals surface area (Å²) >= 11 is 0. The maximum Gasteiger partial charge on any atom is 0.514 e. The Morgan fingerprint density at radius 2 is 1.69 bits per heavy atom. The van der Waals surface area contributed by atoms with Crippen LogP contribution in [0.1, 0.15) is 39.0 Å². The molecule has 0 spiro atoms. The van der Waals surface area contributed by atoms with E-state index >= 15 is 0 Å². The highest BCUT2D eigenvalue weighted by atomic mass is 16.7. The van der Waals surface area contributed by atoms with Crippen LogP contribution in [0.15, 0.2) is 24.3 Å². The summed E-state index contributed by atoms with van der Waals surface area (Å²) in [4.78, 5) is 23.3. The van der Waals surface area contributed by atoms with Gasteiger partial charge in [0.2, 0.25) is 0 Å². The predicted molar refractivity (Wildman–Crippen MR) is 103 cm³/mol. The van der Waals surface area contributed by atoms with Crippen LogP contribution in [0.4, 0.5) is 10.6 Å². The van der Waals surface area contributed by atoms with Gasteiger partial charge in [0.05, 0.1) is 12.3 Å². The first-order valence-corrected chi connectivity index (χ1v) is 9.11. The van der Waals surface area contributed by atoms with Crippen molar-refractivity contribution in [3.63, 3.8) is 0 Å². The molecule has 0 aliphatic carbocycles. The number of hydrogen-bond donors (Lipinski definition) is 0. The number of anilines is 1. The first-order chi connectivity index (χ1) is 12.5. The molecule has 0 N–H and O–H groups in total. The smallest absolute Gasteiger partial charge is 0.434 e. The van der Waals surface area contributed by atoms with Crippen LogP contribution in [-0.2, 0) is 11.2 Å². The van der Waals surface area contributed by atoms with Crippen LogP contribution in [0.2, 0.25) is 0 Å². The summed E-state index contributed by atoms with van der Waals surface area (Å²) in [6.07, 6.45) is -0.119. The Kier molecular flexibility index (Phi) is 6.95. The third-order valence-corrected chi connectivity index (χ3v) is 4.07. The number of rotatable bonds is 7. The zero-order chi connectivity index (χ0) is 19.1. The SMILES string of the molecule is CCOC(=O)Oc1c(CC)nc(-c2ccc(C)cc2)nc1N(CC)CC. The Morgan fingerprint density at radius 1 is 1.04 bits per heavy atom. The van der Waals surface area contributed by atoms with E-state index in [4.69, 9.17) is 14.5 Å². The minimum Gasteiger partial charge on any atom is -0.434 e. The van der Waals surface area contributed by atoms with E-state index in [-0.39, 0.29) is 6.61 Å². The molecule has 0 saturated carbocycles. The molecule has 1 heterocycles. The predicted octanol–water partition coefficient (Wildman–Crippen LogP) is 4.40. The molecule has 0 saturated heterocycles. The average Bonchev–Trinajstić information content (AvgIpc) is 2.64. The van der Waals surface area contributed by atoms with Crippen LogP contribution in [0.5, 0.6) is 5.75 Å². The van der Waals surface area contributed by atoms with Gasteiger partial charge < -0.3 is 14.4 Å². The van der Waals surface area contributed by atoms with Crippen molar-refractivity contribution in [3.05, 3.63) is 35.5 Å². The second kappa shape index (κ2) is 9.17. The van der Waals surface area contributed by atoms with Gasteiger partial charge in [-0.3, -0.25) is 0 Å². The molecule has 0 fully saturated rings. The van der Waals surface area contributed by atoms with Gasteiger partial charge in [0.15, 0.2) is 17.4 Å². The second-order valence-corrected chi connectivity index (χ2v) is 5.82. The summed E-state index contributed by atoms with van der Waals surface area (Å²) in [6.45, 7) is 11.6. The van der Waals surface area contributed by atoms with Crippen LogP contribution < -0.4 is 9.64 Å². The van der Waals surface area contributed by atoms with Crippen LogP contribution >= 0.6 is 0 Å². The van der Waals surface area contributed by atoms with E-state index in [1.165, 1.54) is 5.56 Å². The van der Waals surface area contributed by atoms with Gasteiger partial charge in [-0.2, -0.15) is 0 Å². The Balaban J connectivity index is 2.58. The second-order valence-electron chi connectivity index (χ2n) is 5.82. The summed E-state index contributed by atoms with van der Waals surface area (Å²) < 4.78 is 10.4. The van der Waals surface area contributed by atoms with Crippen LogP contribution in [0.25, 0.3) is 11.4 Å². The molecule has 0 unspecified atom stereocenters. The quantitative estimate of drug-likeness (QED) is 0.685. The largest absolute Gasteiger partial charge is 0.514 e. The molecule has 140 valence electrons. The fourth-order valence-corrected chi connectivity index (χ4v) is 2.63. The summed E-state index contributed by atoms with van der Waals surface area (Å²) in [6, 6.07) is 8.07. The number of nitrogens with zero attached hydrogens (tertiary/aromatic N) is 3. The van der Waals surface area contributed by atoms with E-state index in [1.807, 2.05) is 56.9 Å². The number of hydrogen-bond acceptors (Lipinski definition) is 6. The number of benzene rings is 1. The van der Waals surface area contributed by atoms with Crippen molar-refractivity contribution in [1.29, 1.82) is 0 Å². The summed E-state index contributed by atoms with van der Waals surface area (Å²) in [5.74, 6) is 1.62. The lowest BCUT2D eigenvalue weighted by Crippen LogP contribution is -2.26. The molecule has 0 amide bonds. The van der Waals surface area contributed by atoms with Gasteiger partial charge >= 0.3 is 6.16 Å². The molecule has 0 aliphatic rings. The molecule has 0 atom stereocenters. The molecule has 26 heavy (non-hydrogen) atoms. The van der Waals surface area contributed by atoms with Gasteiger partial charge in [0.25, 0.3) is 0 Å². The van der Waals surface area contributed by atoms with E-state index in [1.54, 1.807) is 6.92 Å². The Hall–Kier alpha value is -2.63. The zero-order valence-electron chi connectivity index (χ0n) is 16.2.